The maximum atomic E-state index is 11.7. The van der Waals surface area contributed by atoms with Gasteiger partial charge in [-0.05, 0) is 18.2 Å². The van der Waals surface area contributed by atoms with E-state index in [1.165, 1.54) is 0 Å². The molecule has 1 heterocycles. The number of aromatic nitrogens is 2. The van der Waals surface area contributed by atoms with Gasteiger partial charge in [0.05, 0.1) is 11.0 Å². The lowest BCUT2D eigenvalue weighted by atomic mass is 10.3. The number of benzene rings is 1. The highest BCUT2D eigenvalue weighted by Gasteiger charge is 2.06. The summed E-state index contributed by atoms with van der Waals surface area (Å²) in [5, 5.41) is 0. The number of aryl methyl sites for hydroxylation is 1. The molecule has 0 fully saturated rings. The van der Waals surface area contributed by atoms with Crippen LogP contribution in [0.5, 0.6) is 0 Å². The van der Waals surface area contributed by atoms with Gasteiger partial charge in [0.1, 0.15) is 5.69 Å². The first kappa shape index (κ1) is 10.3. The summed E-state index contributed by atoms with van der Waals surface area (Å²) in [5.41, 5.74) is 7.30. The topological polar surface area (TPSA) is 60.9 Å². The van der Waals surface area contributed by atoms with Gasteiger partial charge in [0.25, 0.3) is 5.56 Å². The average Bonchev–Trinajstić information content (AvgIpc) is 2.23. The predicted octanol–water partition coefficient (Wildman–Crippen LogP) is 1.15. The lowest BCUT2D eigenvalue weighted by Gasteiger charge is -2.06. The van der Waals surface area contributed by atoms with Gasteiger partial charge in [-0.1, -0.05) is 15.9 Å². The van der Waals surface area contributed by atoms with Gasteiger partial charge in [-0.2, -0.15) is 0 Å². The second kappa shape index (κ2) is 3.75. The summed E-state index contributed by atoms with van der Waals surface area (Å²) in [6, 6.07) is 5.60. The third kappa shape index (κ3) is 1.68. The normalized spacial score (nSPS) is 10.9. The van der Waals surface area contributed by atoms with Crippen molar-refractivity contribution < 1.29 is 0 Å². The van der Waals surface area contributed by atoms with Crippen LogP contribution in [0.15, 0.2) is 27.5 Å². The Morgan fingerprint density at radius 3 is 2.93 bits per heavy atom. The van der Waals surface area contributed by atoms with Crippen LogP contribution in [0, 0.1) is 0 Å². The van der Waals surface area contributed by atoms with Gasteiger partial charge in [0.15, 0.2) is 0 Å². The maximum absolute atomic E-state index is 11.7. The van der Waals surface area contributed by atoms with Crippen LogP contribution in [-0.4, -0.2) is 9.55 Å². The van der Waals surface area contributed by atoms with Crippen LogP contribution < -0.4 is 11.3 Å². The number of fused-ring (bicyclic) bond motifs is 1. The number of nitrogens with two attached hydrogens (primary N) is 1. The van der Waals surface area contributed by atoms with E-state index >= 15 is 0 Å². The molecule has 0 aliphatic rings. The van der Waals surface area contributed by atoms with Crippen LogP contribution in [0.2, 0.25) is 0 Å². The largest absolute Gasteiger partial charge is 0.325 e. The number of hydrogen-bond acceptors (Lipinski definition) is 3. The second-order valence-electron chi connectivity index (χ2n) is 3.26. The van der Waals surface area contributed by atoms with E-state index in [4.69, 9.17) is 5.73 Å². The van der Waals surface area contributed by atoms with E-state index in [1.54, 1.807) is 11.6 Å². The van der Waals surface area contributed by atoms with Gasteiger partial charge in [-0.3, -0.25) is 4.79 Å². The molecule has 0 radical (unpaired) electrons. The molecule has 2 N–H and O–H groups in total. The standard InChI is InChI=1S/C10H10BrN3O/c1-14-9-3-2-6(11)4-7(9)13-8(5-12)10(14)15/h2-4H,5,12H2,1H3. The SMILES string of the molecule is Cn1c(=O)c(CN)nc2cc(Br)ccc21. The Morgan fingerprint density at radius 2 is 2.27 bits per heavy atom. The molecule has 5 heteroatoms. The number of nitrogens with zero attached hydrogens (tertiary/aromatic N) is 2. The molecule has 1 aromatic heterocycles. The van der Waals surface area contributed by atoms with Gasteiger partial charge in [0.2, 0.25) is 0 Å². The van der Waals surface area contributed by atoms with Crippen LogP contribution in [0.4, 0.5) is 0 Å². The highest BCUT2D eigenvalue weighted by atomic mass is 79.9. The Hall–Kier alpha value is -1.20. The first-order chi connectivity index (χ1) is 7.13. The Labute approximate surface area is 94.9 Å². The highest BCUT2D eigenvalue weighted by Crippen LogP contribution is 2.16. The molecule has 0 aliphatic carbocycles. The summed E-state index contributed by atoms with van der Waals surface area (Å²) >= 11 is 3.36. The molecule has 4 nitrogen and oxygen atoms in total. The summed E-state index contributed by atoms with van der Waals surface area (Å²) < 4.78 is 2.50. The van der Waals surface area contributed by atoms with Crippen LogP contribution in [0.3, 0.4) is 0 Å². The van der Waals surface area contributed by atoms with Crippen LogP contribution in [-0.2, 0) is 13.6 Å². The summed E-state index contributed by atoms with van der Waals surface area (Å²) in [7, 11) is 1.72. The molecular formula is C10H10BrN3O. The smallest absolute Gasteiger partial charge is 0.273 e. The van der Waals surface area contributed by atoms with Crippen molar-refractivity contribution in [2.45, 2.75) is 6.54 Å². The molecule has 2 rings (SSSR count). The molecule has 0 amide bonds. The molecule has 78 valence electrons. The van der Waals surface area contributed by atoms with Gasteiger partial charge in [-0.15, -0.1) is 0 Å². The molecule has 15 heavy (non-hydrogen) atoms. The van der Waals surface area contributed by atoms with Gasteiger partial charge >= 0.3 is 0 Å². The van der Waals surface area contributed by atoms with Crippen molar-refractivity contribution in [1.82, 2.24) is 9.55 Å². The molecule has 0 saturated heterocycles. The van der Waals surface area contributed by atoms with Crippen LogP contribution >= 0.6 is 15.9 Å². The zero-order valence-corrected chi connectivity index (χ0v) is 9.78. The third-order valence-corrected chi connectivity index (χ3v) is 2.79. The van der Waals surface area contributed by atoms with Crippen molar-refractivity contribution in [3.8, 4) is 0 Å². The molecule has 0 unspecified atom stereocenters. The van der Waals surface area contributed by atoms with E-state index in [0.717, 1.165) is 15.5 Å². The van der Waals surface area contributed by atoms with Crippen molar-refractivity contribution in [1.29, 1.82) is 0 Å². The fourth-order valence-electron chi connectivity index (χ4n) is 1.50. The Kier molecular flexibility index (Phi) is 2.58. The summed E-state index contributed by atoms with van der Waals surface area (Å²) in [4.78, 5) is 15.9. The van der Waals surface area contributed by atoms with E-state index in [9.17, 15) is 4.79 Å². The molecule has 0 atom stereocenters. The van der Waals surface area contributed by atoms with Crippen molar-refractivity contribution in [2.24, 2.45) is 12.8 Å². The molecule has 0 spiro atoms. The zero-order valence-electron chi connectivity index (χ0n) is 8.20. The quantitative estimate of drug-likeness (QED) is 0.844. The fourth-order valence-corrected chi connectivity index (χ4v) is 1.85. The van der Waals surface area contributed by atoms with Crippen molar-refractivity contribution in [3.05, 3.63) is 38.7 Å². The highest BCUT2D eigenvalue weighted by molar-refractivity contribution is 9.10. The summed E-state index contributed by atoms with van der Waals surface area (Å²) in [6.45, 7) is 0.162. The molecule has 0 bridgehead atoms. The lowest BCUT2D eigenvalue weighted by molar-refractivity contribution is 0.838. The minimum Gasteiger partial charge on any atom is -0.325 e. The van der Waals surface area contributed by atoms with E-state index in [-0.39, 0.29) is 12.1 Å². The summed E-state index contributed by atoms with van der Waals surface area (Å²) in [5.74, 6) is 0. The average molecular weight is 268 g/mol. The first-order valence-electron chi connectivity index (χ1n) is 4.48. The minimum absolute atomic E-state index is 0.132. The molecular weight excluding hydrogens is 258 g/mol. The second-order valence-corrected chi connectivity index (χ2v) is 4.18. The minimum atomic E-state index is -0.132. The van der Waals surface area contributed by atoms with Crippen molar-refractivity contribution >= 4 is 27.0 Å². The van der Waals surface area contributed by atoms with E-state index < -0.39 is 0 Å². The Morgan fingerprint density at radius 1 is 1.53 bits per heavy atom. The molecule has 0 saturated carbocycles. The Balaban J connectivity index is 2.91. The summed E-state index contributed by atoms with van der Waals surface area (Å²) in [6.07, 6.45) is 0. The molecule has 0 aliphatic heterocycles. The Bertz CT molecular complexity index is 577. The van der Waals surface area contributed by atoms with E-state index in [1.807, 2.05) is 18.2 Å². The zero-order chi connectivity index (χ0) is 11.0. The fraction of sp³-hybridized carbons (Fsp3) is 0.200. The third-order valence-electron chi connectivity index (χ3n) is 2.30. The van der Waals surface area contributed by atoms with Crippen molar-refractivity contribution in [3.63, 3.8) is 0 Å². The van der Waals surface area contributed by atoms with Gasteiger partial charge in [-0.25, -0.2) is 4.98 Å². The number of halogens is 1. The van der Waals surface area contributed by atoms with Crippen molar-refractivity contribution in [2.75, 3.05) is 0 Å². The van der Waals surface area contributed by atoms with Crippen LogP contribution in [0.25, 0.3) is 11.0 Å². The predicted molar refractivity (Wildman–Crippen MR) is 62.6 cm³/mol. The van der Waals surface area contributed by atoms with Gasteiger partial charge < -0.3 is 10.3 Å². The number of hydrogen-bond donors (Lipinski definition) is 1. The molecule has 1 aromatic carbocycles. The first-order valence-corrected chi connectivity index (χ1v) is 5.28. The number of rotatable bonds is 1. The monoisotopic (exact) mass is 267 g/mol. The van der Waals surface area contributed by atoms with E-state index in [0.29, 0.717) is 5.69 Å². The maximum Gasteiger partial charge on any atom is 0.273 e. The lowest BCUT2D eigenvalue weighted by Crippen LogP contribution is -2.25. The van der Waals surface area contributed by atoms with E-state index in [2.05, 4.69) is 20.9 Å². The van der Waals surface area contributed by atoms with Gasteiger partial charge in [0, 0.05) is 18.1 Å². The van der Waals surface area contributed by atoms with Crippen LogP contribution in [0.1, 0.15) is 5.69 Å². The molecule has 2 aromatic rings.